The molecule has 1 aromatic rings. The second-order valence-electron chi connectivity index (χ2n) is 6.81. The lowest BCUT2D eigenvalue weighted by molar-refractivity contribution is 0.0705. The van der Waals surface area contributed by atoms with Gasteiger partial charge in [0.05, 0.1) is 17.4 Å². The zero-order valence-corrected chi connectivity index (χ0v) is 17.1. The van der Waals surface area contributed by atoms with Gasteiger partial charge in [0.15, 0.2) is 0 Å². The number of nitrogens with zero attached hydrogens (tertiary/aromatic N) is 1. The molecule has 26 heavy (non-hydrogen) atoms. The Kier molecular flexibility index (Phi) is 7.32. The molecule has 1 fully saturated rings. The van der Waals surface area contributed by atoms with Crippen LogP contribution in [-0.2, 0) is 10.0 Å². The third-order valence-corrected chi connectivity index (χ3v) is 6.01. The van der Waals surface area contributed by atoms with Crippen molar-refractivity contribution in [3.05, 3.63) is 28.8 Å². The number of carbonyl (C=O) groups excluding carboxylic acids is 1. The minimum Gasteiger partial charge on any atom is -0.490 e. The summed E-state index contributed by atoms with van der Waals surface area (Å²) in [6.45, 7) is 6.62. The molecule has 2 rings (SSSR count). The summed E-state index contributed by atoms with van der Waals surface area (Å²) in [6, 6.07) is 4.91. The van der Waals surface area contributed by atoms with Gasteiger partial charge in [0.1, 0.15) is 5.75 Å². The summed E-state index contributed by atoms with van der Waals surface area (Å²) in [7, 11) is -3.24. The van der Waals surface area contributed by atoms with E-state index in [4.69, 9.17) is 16.3 Å². The van der Waals surface area contributed by atoms with Crippen molar-refractivity contribution in [3.63, 3.8) is 0 Å². The third kappa shape index (κ3) is 5.86. The lowest BCUT2D eigenvalue weighted by Crippen LogP contribution is -2.47. The number of carbonyl (C=O) groups is 1. The zero-order valence-electron chi connectivity index (χ0n) is 15.5. The van der Waals surface area contributed by atoms with Crippen LogP contribution in [0.4, 0.5) is 0 Å². The molecular weight excluding hydrogens is 376 g/mol. The first-order valence-corrected chi connectivity index (χ1v) is 11.0. The van der Waals surface area contributed by atoms with E-state index in [0.717, 1.165) is 0 Å². The quantitative estimate of drug-likeness (QED) is 0.760. The van der Waals surface area contributed by atoms with Crippen LogP contribution in [0, 0.1) is 0 Å². The Hall–Kier alpha value is -1.31. The largest absolute Gasteiger partial charge is 0.490 e. The monoisotopic (exact) mass is 402 g/mol. The Morgan fingerprint density at radius 3 is 2.58 bits per heavy atom. The second kappa shape index (κ2) is 9.06. The van der Waals surface area contributed by atoms with Gasteiger partial charge in [-0.2, -0.15) is 0 Å². The maximum atomic E-state index is 12.9. The van der Waals surface area contributed by atoms with E-state index in [-0.39, 0.29) is 23.8 Å². The number of ether oxygens (including phenoxy) is 1. The fourth-order valence-electron chi connectivity index (χ4n) is 2.98. The van der Waals surface area contributed by atoms with E-state index in [9.17, 15) is 13.2 Å². The van der Waals surface area contributed by atoms with Crippen LogP contribution in [0.25, 0.3) is 0 Å². The predicted octanol–water partition coefficient (Wildman–Crippen LogP) is 3.06. The number of sulfonamides is 1. The number of halogens is 1. The van der Waals surface area contributed by atoms with Crippen LogP contribution < -0.4 is 9.46 Å². The third-order valence-electron chi connectivity index (χ3n) is 4.14. The first kappa shape index (κ1) is 21.0. The van der Waals surface area contributed by atoms with E-state index in [2.05, 4.69) is 4.72 Å². The molecule has 1 heterocycles. The molecule has 1 amide bonds. The van der Waals surface area contributed by atoms with Crippen molar-refractivity contribution in [3.8, 4) is 5.75 Å². The smallest absolute Gasteiger partial charge is 0.257 e. The highest BCUT2D eigenvalue weighted by molar-refractivity contribution is 7.89. The lowest BCUT2D eigenvalue weighted by atomic mass is 10.0. The van der Waals surface area contributed by atoms with Gasteiger partial charge in [0.25, 0.3) is 5.91 Å². The van der Waals surface area contributed by atoms with Crippen LogP contribution >= 0.6 is 11.6 Å². The Labute approximate surface area is 160 Å². The maximum absolute atomic E-state index is 12.9. The average Bonchev–Trinajstić information content (AvgIpc) is 2.55. The van der Waals surface area contributed by atoms with Gasteiger partial charge in [-0.05, 0) is 51.3 Å². The summed E-state index contributed by atoms with van der Waals surface area (Å²) in [5.41, 5.74) is 0.441. The summed E-state index contributed by atoms with van der Waals surface area (Å²) in [4.78, 5) is 14.6. The Morgan fingerprint density at radius 2 is 2.00 bits per heavy atom. The summed E-state index contributed by atoms with van der Waals surface area (Å²) >= 11 is 6.06. The minimum absolute atomic E-state index is 0.0542. The molecule has 1 saturated heterocycles. The normalized spacial score (nSPS) is 16.1. The van der Waals surface area contributed by atoms with Gasteiger partial charge >= 0.3 is 0 Å². The predicted molar refractivity (Wildman–Crippen MR) is 103 cm³/mol. The highest BCUT2D eigenvalue weighted by Gasteiger charge is 2.27. The van der Waals surface area contributed by atoms with Crippen LogP contribution in [-0.4, -0.2) is 50.2 Å². The highest BCUT2D eigenvalue weighted by atomic mass is 35.5. The van der Waals surface area contributed by atoms with Gasteiger partial charge in [-0.15, -0.1) is 0 Å². The molecule has 0 aromatic heterocycles. The van der Waals surface area contributed by atoms with Gasteiger partial charge in [0.2, 0.25) is 10.0 Å². The van der Waals surface area contributed by atoms with Crippen molar-refractivity contribution < 1.29 is 17.9 Å². The first-order chi connectivity index (χ1) is 12.2. The summed E-state index contributed by atoms with van der Waals surface area (Å²) < 4.78 is 32.3. The highest BCUT2D eigenvalue weighted by Crippen LogP contribution is 2.26. The van der Waals surface area contributed by atoms with Crippen molar-refractivity contribution >= 4 is 27.5 Å². The summed E-state index contributed by atoms with van der Waals surface area (Å²) in [5, 5.41) is 0.478. The van der Waals surface area contributed by atoms with Crippen LogP contribution in [0.2, 0.25) is 5.02 Å². The van der Waals surface area contributed by atoms with Gasteiger partial charge in [0, 0.05) is 24.2 Å². The zero-order chi connectivity index (χ0) is 19.3. The molecule has 0 saturated carbocycles. The van der Waals surface area contributed by atoms with Crippen molar-refractivity contribution in [1.82, 2.24) is 9.62 Å². The molecule has 0 radical (unpaired) electrons. The van der Waals surface area contributed by atoms with E-state index < -0.39 is 10.0 Å². The second-order valence-corrected chi connectivity index (χ2v) is 9.12. The molecule has 0 atom stereocenters. The SMILES string of the molecule is CCCS(=O)(=O)NC1CCN(C(=O)c2cc(Cl)ccc2OC(C)C)CC1. The fourth-order valence-corrected chi connectivity index (χ4v) is 4.55. The number of hydrogen-bond donors (Lipinski definition) is 1. The first-order valence-electron chi connectivity index (χ1n) is 8.97. The van der Waals surface area contributed by atoms with Crippen LogP contribution in [0.3, 0.4) is 0 Å². The van der Waals surface area contributed by atoms with Gasteiger partial charge < -0.3 is 9.64 Å². The number of nitrogens with one attached hydrogen (secondary N) is 1. The molecule has 0 bridgehead atoms. The molecule has 1 aliphatic heterocycles. The Balaban J connectivity index is 2.03. The number of hydrogen-bond acceptors (Lipinski definition) is 4. The standard InChI is InChI=1S/C18H27ClN2O4S/c1-4-11-26(23,24)20-15-7-9-21(10-8-15)18(22)16-12-14(19)5-6-17(16)25-13(2)3/h5-6,12-13,15,20H,4,7-11H2,1-3H3. The topological polar surface area (TPSA) is 75.7 Å². The fraction of sp³-hybridized carbons (Fsp3) is 0.611. The molecule has 1 aliphatic rings. The van der Waals surface area contributed by atoms with Crippen molar-refractivity contribution in [1.29, 1.82) is 0 Å². The van der Waals surface area contributed by atoms with E-state index in [0.29, 0.717) is 48.7 Å². The number of amides is 1. The summed E-state index contributed by atoms with van der Waals surface area (Å²) in [6.07, 6.45) is 1.71. The van der Waals surface area contributed by atoms with E-state index >= 15 is 0 Å². The van der Waals surface area contributed by atoms with Gasteiger partial charge in [-0.25, -0.2) is 13.1 Å². The van der Waals surface area contributed by atoms with E-state index in [1.165, 1.54) is 0 Å². The molecular formula is C18H27ClN2O4S. The Morgan fingerprint density at radius 1 is 1.35 bits per heavy atom. The van der Waals surface area contributed by atoms with Crippen molar-refractivity contribution in [2.75, 3.05) is 18.8 Å². The van der Waals surface area contributed by atoms with Crippen molar-refractivity contribution in [2.45, 2.75) is 52.2 Å². The maximum Gasteiger partial charge on any atom is 0.257 e. The van der Waals surface area contributed by atoms with E-state index in [1.54, 1.807) is 23.1 Å². The Bertz CT molecular complexity index is 729. The molecule has 0 aliphatic carbocycles. The van der Waals surface area contributed by atoms with Gasteiger partial charge in [-0.1, -0.05) is 18.5 Å². The molecule has 0 spiro atoms. The van der Waals surface area contributed by atoms with Gasteiger partial charge in [-0.3, -0.25) is 4.79 Å². The van der Waals surface area contributed by atoms with E-state index in [1.807, 2.05) is 20.8 Å². The molecule has 6 nitrogen and oxygen atoms in total. The number of rotatable bonds is 7. The van der Waals surface area contributed by atoms with Crippen LogP contribution in [0.15, 0.2) is 18.2 Å². The number of piperidine rings is 1. The lowest BCUT2D eigenvalue weighted by Gasteiger charge is -2.32. The molecule has 146 valence electrons. The average molecular weight is 403 g/mol. The number of benzene rings is 1. The molecule has 1 N–H and O–H groups in total. The van der Waals surface area contributed by atoms with Crippen molar-refractivity contribution in [2.24, 2.45) is 0 Å². The summed E-state index contributed by atoms with van der Waals surface area (Å²) in [5.74, 6) is 0.503. The number of likely N-dealkylation sites (tertiary alicyclic amines) is 1. The molecule has 0 unspecified atom stereocenters. The van der Waals surface area contributed by atoms with Crippen LogP contribution in [0.5, 0.6) is 5.75 Å². The van der Waals surface area contributed by atoms with Crippen LogP contribution in [0.1, 0.15) is 50.4 Å². The molecule has 8 heteroatoms. The molecule has 1 aromatic carbocycles. The minimum atomic E-state index is -3.24.